The van der Waals surface area contributed by atoms with E-state index in [9.17, 15) is 0 Å². The third-order valence-corrected chi connectivity index (χ3v) is 4.43. The molecule has 0 aromatic carbocycles. The highest BCUT2D eigenvalue weighted by molar-refractivity contribution is 4.80. The highest BCUT2D eigenvalue weighted by Crippen LogP contribution is 2.21. The zero-order chi connectivity index (χ0) is 12.7. The van der Waals surface area contributed by atoms with Crippen LogP contribution in [0.25, 0.3) is 0 Å². The largest absolute Gasteiger partial charge is 0.315 e. The van der Waals surface area contributed by atoms with Gasteiger partial charge in [-0.2, -0.15) is 0 Å². The van der Waals surface area contributed by atoms with Crippen LogP contribution in [0.1, 0.15) is 58.8 Å². The average Bonchev–Trinajstić information content (AvgIpc) is 2.20. The Morgan fingerprint density at radius 2 is 1.53 bits per heavy atom. The van der Waals surface area contributed by atoms with Gasteiger partial charge in [-0.25, -0.2) is 0 Å². The first-order valence-corrected chi connectivity index (χ1v) is 7.40. The summed E-state index contributed by atoms with van der Waals surface area (Å²) in [7, 11) is 4.33. The molecule has 2 heteroatoms. The molecule has 0 spiro atoms. The number of nitrogens with zero attached hydrogens (tertiary/aromatic N) is 1. The smallest absolute Gasteiger partial charge is 0.0271 e. The van der Waals surface area contributed by atoms with Crippen LogP contribution in [-0.2, 0) is 0 Å². The van der Waals surface area contributed by atoms with Gasteiger partial charge in [0.1, 0.15) is 0 Å². The van der Waals surface area contributed by atoms with E-state index in [0.717, 1.165) is 12.5 Å². The zero-order valence-electron chi connectivity index (χ0n) is 12.4. The van der Waals surface area contributed by atoms with E-state index in [4.69, 9.17) is 0 Å². The van der Waals surface area contributed by atoms with Crippen molar-refractivity contribution in [3.05, 3.63) is 0 Å². The van der Waals surface area contributed by atoms with Crippen molar-refractivity contribution in [2.24, 2.45) is 5.92 Å². The van der Waals surface area contributed by atoms with Crippen molar-refractivity contribution in [3.63, 3.8) is 0 Å². The SMILES string of the molecule is CN(C)C(C)(C)CNCC1CCCCCCC1. The molecule has 17 heavy (non-hydrogen) atoms. The summed E-state index contributed by atoms with van der Waals surface area (Å²) in [5, 5.41) is 3.68. The van der Waals surface area contributed by atoms with E-state index in [1.54, 1.807) is 0 Å². The Morgan fingerprint density at radius 3 is 2.06 bits per heavy atom. The fourth-order valence-electron chi connectivity index (χ4n) is 2.49. The molecular formula is C15H32N2. The first kappa shape index (κ1) is 15.0. The quantitative estimate of drug-likeness (QED) is 0.793. The van der Waals surface area contributed by atoms with Crippen LogP contribution in [0, 0.1) is 5.92 Å². The summed E-state index contributed by atoms with van der Waals surface area (Å²) in [6, 6.07) is 0. The fraction of sp³-hybridized carbons (Fsp3) is 1.00. The molecule has 1 rings (SSSR count). The summed E-state index contributed by atoms with van der Waals surface area (Å²) < 4.78 is 0. The molecular weight excluding hydrogens is 208 g/mol. The molecule has 1 saturated carbocycles. The number of hydrogen-bond acceptors (Lipinski definition) is 2. The van der Waals surface area contributed by atoms with Crippen molar-refractivity contribution in [2.45, 2.75) is 64.3 Å². The van der Waals surface area contributed by atoms with Gasteiger partial charge >= 0.3 is 0 Å². The van der Waals surface area contributed by atoms with Gasteiger partial charge in [-0.05, 0) is 53.2 Å². The molecule has 2 nitrogen and oxygen atoms in total. The third-order valence-electron chi connectivity index (χ3n) is 4.43. The average molecular weight is 240 g/mol. The van der Waals surface area contributed by atoms with Crippen molar-refractivity contribution in [2.75, 3.05) is 27.2 Å². The molecule has 0 radical (unpaired) electrons. The summed E-state index contributed by atoms with van der Waals surface area (Å²) >= 11 is 0. The maximum atomic E-state index is 3.68. The fourth-order valence-corrected chi connectivity index (χ4v) is 2.49. The van der Waals surface area contributed by atoms with E-state index < -0.39 is 0 Å². The minimum absolute atomic E-state index is 0.265. The summed E-state index contributed by atoms with van der Waals surface area (Å²) in [5.41, 5.74) is 0.265. The molecule has 0 amide bonds. The summed E-state index contributed by atoms with van der Waals surface area (Å²) in [4.78, 5) is 2.30. The second-order valence-corrected chi connectivity index (χ2v) is 6.55. The number of likely N-dealkylation sites (N-methyl/N-ethyl adjacent to an activating group) is 1. The summed E-state index contributed by atoms with van der Waals surface area (Å²) in [6.45, 7) is 6.92. The van der Waals surface area contributed by atoms with Gasteiger partial charge in [0.15, 0.2) is 0 Å². The summed E-state index contributed by atoms with van der Waals surface area (Å²) in [6.07, 6.45) is 10.2. The molecule has 1 fully saturated rings. The van der Waals surface area contributed by atoms with Crippen molar-refractivity contribution in [1.29, 1.82) is 0 Å². The predicted octanol–water partition coefficient (Wildman–Crippen LogP) is 3.28. The van der Waals surface area contributed by atoms with Gasteiger partial charge in [-0.15, -0.1) is 0 Å². The Kier molecular flexibility index (Phi) is 6.50. The predicted molar refractivity (Wildman–Crippen MR) is 76.4 cm³/mol. The van der Waals surface area contributed by atoms with Crippen molar-refractivity contribution in [3.8, 4) is 0 Å². The highest BCUT2D eigenvalue weighted by atomic mass is 15.2. The minimum Gasteiger partial charge on any atom is -0.315 e. The monoisotopic (exact) mass is 240 g/mol. The standard InChI is InChI=1S/C15H32N2/c1-15(2,17(3)4)13-16-12-14-10-8-6-5-7-9-11-14/h14,16H,5-13H2,1-4H3. The number of hydrogen-bond donors (Lipinski definition) is 1. The van der Waals surface area contributed by atoms with Crippen LogP contribution in [0.5, 0.6) is 0 Å². The van der Waals surface area contributed by atoms with Crippen molar-refractivity contribution in [1.82, 2.24) is 10.2 Å². The van der Waals surface area contributed by atoms with Crippen LogP contribution < -0.4 is 5.32 Å². The molecule has 0 unspecified atom stereocenters. The lowest BCUT2D eigenvalue weighted by molar-refractivity contribution is 0.186. The van der Waals surface area contributed by atoms with Crippen LogP contribution in [0.15, 0.2) is 0 Å². The zero-order valence-corrected chi connectivity index (χ0v) is 12.4. The van der Waals surface area contributed by atoms with E-state index >= 15 is 0 Å². The van der Waals surface area contributed by atoms with E-state index in [1.165, 1.54) is 51.5 Å². The topological polar surface area (TPSA) is 15.3 Å². The van der Waals surface area contributed by atoms with Gasteiger partial charge in [-0.3, -0.25) is 0 Å². The molecule has 1 aliphatic rings. The maximum absolute atomic E-state index is 3.68. The van der Waals surface area contributed by atoms with Crippen molar-refractivity contribution < 1.29 is 0 Å². The second kappa shape index (κ2) is 7.38. The first-order chi connectivity index (χ1) is 8.02. The van der Waals surface area contributed by atoms with Gasteiger partial charge in [0.05, 0.1) is 0 Å². The second-order valence-electron chi connectivity index (χ2n) is 6.55. The molecule has 0 aliphatic heterocycles. The van der Waals surface area contributed by atoms with Crippen LogP contribution in [0.3, 0.4) is 0 Å². The van der Waals surface area contributed by atoms with Gasteiger partial charge in [-0.1, -0.05) is 32.1 Å². The van der Waals surface area contributed by atoms with E-state index in [2.05, 4.69) is 38.2 Å². The Balaban J connectivity index is 2.20. The Hall–Kier alpha value is -0.0800. The van der Waals surface area contributed by atoms with Crippen LogP contribution in [0.4, 0.5) is 0 Å². The normalized spacial score (nSPS) is 20.3. The lowest BCUT2D eigenvalue weighted by atomic mass is 9.91. The van der Waals surface area contributed by atoms with Crippen LogP contribution in [-0.4, -0.2) is 37.6 Å². The molecule has 102 valence electrons. The highest BCUT2D eigenvalue weighted by Gasteiger charge is 2.20. The molecule has 0 aromatic rings. The van der Waals surface area contributed by atoms with Crippen LogP contribution in [0.2, 0.25) is 0 Å². The number of rotatable bonds is 5. The van der Waals surface area contributed by atoms with E-state index in [-0.39, 0.29) is 5.54 Å². The van der Waals surface area contributed by atoms with E-state index in [1.807, 2.05) is 0 Å². The molecule has 0 bridgehead atoms. The summed E-state index contributed by atoms with van der Waals surface area (Å²) in [5.74, 6) is 0.924. The molecule has 1 N–H and O–H groups in total. The molecule has 0 saturated heterocycles. The Morgan fingerprint density at radius 1 is 1.00 bits per heavy atom. The molecule has 0 atom stereocenters. The molecule has 1 aliphatic carbocycles. The maximum Gasteiger partial charge on any atom is 0.0271 e. The Bertz CT molecular complexity index is 191. The molecule has 0 heterocycles. The Labute approximate surface area is 108 Å². The van der Waals surface area contributed by atoms with Gasteiger partial charge < -0.3 is 10.2 Å². The van der Waals surface area contributed by atoms with Gasteiger partial charge in [0.25, 0.3) is 0 Å². The lowest BCUT2D eigenvalue weighted by Crippen LogP contribution is -2.47. The number of nitrogens with one attached hydrogen (secondary N) is 1. The lowest BCUT2D eigenvalue weighted by Gasteiger charge is -2.33. The third kappa shape index (κ3) is 5.87. The van der Waals surface area contributed by atoms with Crippen molar-refractivity contribution >= 4 is 0 Å². The van der Waals surface area contributed by atoms with Crippen LogP contribution >= 0.6 is 0 Å². The van der Waals surface area contributed by atoms with Gasteiger partial charge in [0.2, 0.25) is 0 Å². The minimum atomic E-state index is 0.265. The van der Waals surface area contributed by atoms with Gasteiger partial charge in [0, 0.05) is 12.1 Å². The van der Waals surface area contributed by atoms with E-state index in [0.29, 0.717) is 0 Å². The molecule has 0 aromatic heterocycles. The first-order valence-electron chi connectivity index (χ1n) is 7.40.